The van der Waals surface area contributed by atoms with Gasteiger partial charge >= 0.3 is 0 Å². The van der Waals surface area contributed by atoms with Gasteiger partial charge in [-0.2, -0.15) is 0 Å². The van der Waals surface area contributed by atoms with Crippen LogP contribution in [0.15, 0.2) is 146 Å². The molecule has 48 heavy (non-hydrogen) atoms. The van der Waals surface area contributed by atoms with Crippen molar-refractivity contribution in [3.63, 3.8) is 0 Å². The van der Waals surface area contributed by atoms with Crippen LogP contribution in [0.25, 0.3) is 0 Å². The number of ether oxygens (including phenoxy) is 3. The van der Waals surface area contributed by atoms with Crippen molar-refractivity contribution in [3.05, 3.63) is 168 Å². The van der Waals surface area contributed by atoms with Crippen molar-refractivity contribution in [2.24, 2.45) is 0 Å². The maximum atomic E-state index is 10.2. The number of phenols is 2. The summed E-state index contributed by atoms with van der Waals surface area (Å²) in [5, 5.41) is 20.3. The fourth-order valence-electron chi connectivity index (χ4n) is 6.26. The Balaban J connectivity index is 1.31. The molecule has 0 aliphatic carbocycles. The third-order valence-corrected chi connectivity index (χ3v) is 8.73. The number of anilines is 3. The van der Waals surface area contributed by atoms with E-state index in [1.54, 1.807) is 38.5 Å². The number of aryl methyl sites for hydroxylation is 1. The lowest BCUT2D eigenvalue weighted by atomic mass is 9.67. The van der Waals surface area contributed by atoms with Crippen LogP contribution in [0.2, 0.25) is 0 Å². The summed E-state index contributed by atoms with van der Waals surface area (Å²) in [6.45, 7) is 2.50. The highest BCUT2D eigenvalue weighted by Crippen LogP contribution is 2.44. The first-order valence-electron chi connectivity index (χ1n) is 15.9. The van der Waals surface area contributed by atoms with Gasteiger partial charge in [0.1, 0.15) is 28.7 Å². The van der Waals surface area contributed by atoms with E-state index in [0.717, 1.165) is 56.6 Å². The SMILES string of the molecule is COc1ccc(N(c2ccc(OC)cc2)c2ccc(OCCC(c3ccc(O)cc3)(c3ccc(O)cc3)c3cccc(C)c3)cc2)cc1. The van der Waals surface area contributed by atoms with Gasteiger partial charge < -0.3 is 29.3 Å². The topological polar surface area (TPSA) is 71.4 Å². The van der Waals surface area contributed by atoms with Crippen LogP contribution in [-0.4, -0.2) is 31.0 Å². The predicted molar refractivity (Wildman–Crippen MR) is 192 cm³/mol. The fraction of sp³-hybridized carbons (Fsp3) is 0.143. The molecular formula is C42H39NO5. The number of aromatic hydroxyl groups is 2. The maximum Gasteiger partial charge on any atom is 0.119 e. The molecule has 0 amide bonds. The van der Waals surface area contributed by atoms with Crippen molar-refractivity contribution in [1.82, 2.24) is 0 Å². The fourth-order valence-corrected chi connectivity index (χ4v) is 6.26. The first-order chi connectivity index (χ1) is 23.4. The van der Waals surface area contributed by atoms with E-state index in [1.807, 2.05) is 84.9 Å². The molecule has 6 heteroatoms. The zero-order valence-electron chi connectivity index (χ0n) is 27.3. The lowest BCUT2D eigenvalue weighted by Gasteiger charge is -2.36. The highest BCUT2D eigenvalue weighted by molar-refractivity contribution is 5.77. The molecule has 6 rings (SSSR count). The number of hydrogen-bond donors (Lipinski definition) is 2. The van der Waals surface area contributed by atoms with E-state index in [2.05, 4.69) is 48.2 Å². The summed E-state index contributed by atoms with van der Waals surface area (Å²) in [5.74, 6) is 2.74. The number of nitrogens with zero attached hydrogens (tertiary/aromatic N) is 1. The predicted octanol–water partition coefficient (Wildman–Crippen LogP) is 9.70. The maximum absolute atomic E-state index is 10.2. The average Bonchev–Trinajstić information content (AvgIpc) is 3.12. The van der Waals surface area contributed by atoms with Crippen molar-refractivity contribution in [2.75, 3.05) is 25.7 Å². The van der Waals surface area contributed by atoms with Crippen molar-refractivity contribution in [3.8, 4) is 28.7 Å². The Bertz CT molecular complexity index is 1830. The van der Waals surface area contributed by atoms with Gasteiger partial charge in [-0.3, -0.25) is 0 Å². The summed E-state index contributed by atoms with van der Waals surface area (Å²) >= 11 is 0. The van der Waals surface area contributed by atoms with Crippen molar-refractivity contribution >= 4 is 17.1 Å². The summed E-state index contributed by atoms with van der Waals surface area (Å²) in [4.78, 5) is 2.17. The van der Waals surface area contributed by atoms with Crippen LogP contribution in [0.5, 0.6) is 28.7 Å². The third-order valence-electron chi connectivity index (χ3n) is 8.73. The monoisotopic (exact) mass is 637 g/mol. The van der Waals surface area contributed by atoms with Crippen LogP contribution in [0.3, 0.4) is 0 Å². The molecule has 0 bridgehead atoms. The Hall–Kier alpha value is -5.88. The zero-order chi connectivity index (χ0) is 33.5. The summed E-state index contributed by atoms with van der Waals surface area (Å²) in [6.07, 6.45) is 0.609. The largest absolute Gasteiger partial charge is 0.508 e. The van der Waals surface area contributed by atoms with Gasteiger partial charge in [0.15, 0.2) is 0 Å². The highest BCUT2D eigenvalue weighted by atomic mass is 16.5. The Morgan fingerprint density at radius 3 is 1.38 bits per heavy atom. The van der Waals surface area contributed by atoms with Gasteiger partial charge in [0.2, 0.25) is 0 Å². The molecule has 6 aromatic carbocycles. The van der Waals surface area contributed by atoms with Gasteiger partial charge in [0.25, 0.3) is 0 Å². The molecule has 0 heterocycles. The van der Waals surface area contributed by atoms with E-state index in [0.29, 0.717) is 13.0 Å². The molecule has 0 aliphatic rings. The van der Waals surface area contributed by atoms with Crippen LogP contribution >= 0.6 is 0 Å². The number of benzene rings is 6. The van der Waals surface area contributed by atoms with Gasteiger partial charge in [0, 0.05) is 22.5 Å². The zero-order valence-corrected chi connectivity index (χ0v) is 27.3. The quantitative estimate of drug-likeness (QED) is 0.130. The summed E-state index contributed by atoms with van der Waals surface area (Å²) in [5.41, 5.74) is 6.63. The smallest absolute Gasteiger partial charge is 0.119 e. The molecule has 0 radical (unpaired) electrons. The lowest BCUT2D eigenvalue weighted by molar-refractivity contribution is 0.286. The van der Waals surface area contributed by atoms with E-state index in [4.69, 9.17) is 14.2 Å². The van der Waals surface area contributed by atoms with Crippen LogP contribution in [0.4, 0.5) is 17.1 Å². The van der Waals surface area contributed by atoms with Gasteiger partial charge in [-0.25, -0.2) is 0 Å². The van der Waals surface area contributed by atoms with E-state index in [9.17, 15) is 10.2 Å². The molecule has 242 valence electrons. The third kappa shape index (κ3) is 6.79. The molecular weight excluding hydrogens is 598 g/mol. The van der Waals surface area contributed by atoms with Crippen molar-refractivity contribution < 1.29 is 24.4 Å². The molecule has 0 aromatic heterocycles. The number of phenolic OH excluding ortho intramolecular Hbond substituents is 2. The lowest BCUT2D eigenvalue weighted by Crippen LogP contribution is -2.31. The van der Waals surface area contributed by atoms with Crippen LogP contribution < -0.4 is 19.1 Å². The Morgan fingerprint density at radius 2 is 0.958 bits per heavy atom. The van der Waals surface area contributed by atoms with Gasteiger partial charge in [0.05, 0.1) is 20.8 Å². The normalized spacial score (nSPS) is 11.1. The molecule has 0 spiro atoms. The second-order valence-corrected chi connectivity index (χ2v) is 11.7. The molecule has 2 N–H and O–H groups in total. The Morgan fingerprint density at radius 1 is 0.521 bits per heavy atom. The van der Waals surface area contributed by atoms with Gasteiger partial charge in [-0.05, 0) is 127 Å². The van der Waals surface area contributed by atoms with Crippen molar-refractivity contribution in [1.29, 1.82) is 0 Å². The standard InChI is InChI=1S/C42H39NO5/c1-30-5-4-6-33(29-30)42(31-7-17-37(44)18-8-31,32-9-19-38(45)20-10-32)27-28-48-41-25-15-36(16-26-41)43(34-11-21-39(46-2)22-12-34)35-13-23-40(47-3)24-14-35/h4-26,29,44-45H,27-28H2,1-3H3. The summed E-state index contributed by atoms with van der Waals surface area (Å²) in [6, 6.07) is 47.2. The second-order valence-electron chi connectivity index (χ2n) is 11.7. The Kier molecular flexibility index (Phi) is 9.53. The molecule has 0 atom stereocenters. The Labute approximate surface area is 282 Å². The van der Waals surface area contributed by atoms with E-state index in [1.165, 1.54) is 0 Å². The second kappa shape index (κ2) is 14.3. The molecule has 0 unspecified atom stereocenters. The van der Waals surface area contributed by atoms with Gasteiger partial charge in [-0.15, -0.1) is 0 Å². The summed E-state index contributed by atoms with van der Waals surface area (Å²) < 4.78 is 17.2. The van der Waals surface area contributed by atoms with E-state index >= 15 is 0 Å². The van der Waals surface area contributed by atoms with Crippen LogP contribution in [-0.2, 0) is 5.41 Å². The van der Waals surface area contributed by atoms with Gasteiger partial charge in [-0.1, -0.05) is 54.1 Å². The van der Waals surface area contributed by atoms with E-state index in [-0.39, 0.29) is 11.5 Å². The van der Waals surface area contributed by atoms with E-state index < -0.39 is 5.41 Å². The molecule has 0 fully saturated rings. The molecule has 0 saturated carbocycles. The minimum absolute atomic E-state index is 0.206. The minimum Gasteiger partial charge on any atom is -0.508 e. The van der Waals surface area contributed by atoms with Crippen LogP contribution in [0.1, 0.15) is 28.7 Å². The summed E-state index contributed by atoms with van der Waals surface area (Å²) in [7, 11) is 3.32. The highest BCUT2D eigenvalue weighted by Gasteiger charge is 2.36. The molecule has 6 aromatic rings. The number of hydrogen-bond acceptors (Lipinski definition) is 6. The first kappa shape index (κ1) is 32.1. The molecule has 0 saturated heterocycles. The molecule has 6 nitrogen and oxygen atoms in total. The average molecular weight is 638 g/mol. The minimum atomic E-state index is -0.604. The van der Waals surface area contributed by atoms with Crippen LogP contribution in [0, 0.1) is 6.92 Å². The van der Waals surface area contributed by atoms with Crippen molar-refractivity contribution in [2.45, 2.75) is 18.8 Å². The number of rotatable bonds is 12. The number of methoxy groups -OCH3 is 2. The molecule has 0 aliphatic heterocycles. The first-order valence-corrected chi connectivity index (χ1v) is 15.9.